The molecule has 0 bridgehead atoms. The second-order valence-electron chi connectivity index (χ2n) is 3.14. The fraction of sp³-hybridized carbons (Fsp3) is 0.857. The predicted molar refractivity (Wildman–Crippen MR) is 47.8 cm³/mol. The van der Waals surface area contributed by atoms with Crippen LogP contribution in [0, 0.1) is 0 Å². The van der Waals surface area contributed by atoms with Crippen molar-refractivity contribution in [2.45, 2.75) is 24.6 Å². The highest BCUT2D eigenvalue weighted by Gasteiger charge is 2.34. The maximum Gasteiger partial charge on any atom is 0.320 e. The monoisotopic (exact) mass is 187 g/mol. The Labute approximate surface area is 77.6 Å². The minimum absolute atomic E-state index is 0.0210. The second-order valence-corrected chi connectivity index (χ2v) is 3.14. The molecular formula is C7H14BNO4. The summed E-state index contributed by atoms with van der Waals surface area (Å²) in [4.78, 5) is 10.9. The Bertz CT molecular complexity index is 189. The first kappa shape index (κ1) is 10.5. The number of rotatable bonds is 3. The quantitative estimate of drug-likeness (QED) is 0.380. The summed E-state index contributed by atoms with van der Waals surface area (Å²) in [5, 5.41) is 8.89. The maximum absolute atomic E-state index is 10.9. The molecule has 6 heteroatoms. The maximum atomic E-state index is 10.9. The third-order valence-electron chi connectivity index (χ3n) is 2.02. The number of esters is 1. The van der Waals surface area contributed by atoms with Gasteiger partial charge >= 0.3 is 5.97 Å². The van der Waals surface area contributed by atoms with E-state index in [9.17, 15) is 4.79 Å². The molecule has 74 valence electrons. The molecule has 1 aliphatic heterocycles. The summed E-state index contributed by atoms with van der Waals surface area (Å²) in [6.07, 6.45) is -0.127. The minimum Gasteiger partial charge on any atom is -0.458 e. The first-order chi connectivity index (χ1) is 6.17. The Morgan fingerprint density at radius 1 is 1.77 bits per heavy atom. The standard InChI is InChI=1S/C7H14BNO4/c8-6-1-4(5(3-10)12-6)13-7(11)2-9/h4-6,10H,1-3,8-9H2/t4?,5-,6-/m0/s1. The molecule has 0 saturated carbocycles. The van der Waals surface area contributed by atoms with E-state index in [1.54, 1.807) is 0 Å². The first-order valence-electron chi connectivity index (χ1n) is 4.33. The van der Waals surface area contributed by atoms with Crippen LogP contribution in [0.15, 0.2) is 0 Å². The van der Waals surface area contributed by atoms with Crippen molar-refractivity contribution in [3.05, 3.63) is 0 Å². The Kier molecular flexibility index (Phi) is 3.71. The highest BCUT2D eigenvalue weighted by Crippen LogP contribution is 2.21. The summed E-state index contributed by atoms with van der Waals surface area (Å²) >= 11 is 0. The lowest BCUT2D eigenvalue weighted by Gasteiger charge is -2.16. The molecule has 1 saturated heterocycles. The number of hydrogen-bond acceptors (Lipinski definition) is 5. The SMILES string of the molecule is B[C@@H]1CC(OC(=O)CN)[C@H](CO)O1. The summed E-state index contributed by atoms with van der Waals surface area (Å²) in [6.45, 7) is -0.268. The third kappa shape index (κ3) is 2.68. The van der Waals surface area contributed by atoms with Gasteiger partial charge in [0.15, 0.2) is 0 Å². The molecular weight excluding hydrogens is 173 g/mol. The van der Waals surface area contributed by atoms with E-state index in [1.807, 2.05) is 7.85 Å². The van der Waals surface area contributed by atoms with Crippen molar-refractivity contribution in [2.24, 2.45) is 5.73 Å². The lowest BCUT2D eigenvalue weighted by Crippen LogP contribution is -2.32. The van der Waals surface area contributed by atoms with Crippen LogP contribution in [0.1, 0.15) is 6.42 Å². The number of nitrogens with two attached hydrogens (primary N) is 1. The number of aliphatic hydroxyl groups is 1. The van der Waals surface area contributed by atoms with Crippen molar-refractivity contribution in [1.82, 2.24) is 0 Å². The Morgan fingerprint density at radius 2 is 2.46 bits per heavy atom. The van der Waals surface area contributed by atoms with E-state index in [0.717, 1.165) is 0 Å². The van der Waals surface area contributed by atoms with Gasteiger partial charge in [-0.1, -0.05) is 0 Å². The molecule has 0 radical (unpaired) electrons. The summed E-state index contributed by atoms with van der Waals surface area (Å²) in [6, 6.07) is 0.0210. The fourth-order valence-electron chi connectivity index (χ4n) is 1.42. The largest absolute Gasteiger partial charge is 0.458 e. The molecule has 13 heavy (non-hydrogen) atoms. The molecule has 5 nitrogen and oxygen atoms in total. The van der Waals surface area contributed by atoms with Crippen LogP contribution < -0.4 is 5.73 Å². The van der Waals surface area contributed by atoms with Crippen LogP contribution >= 0.6 is 0 Å². The highest BCUT2D eigenvalue weighted by atomic mass is 16.6. The van der Waals surface area contributed by atoms with Crippen molar-refractivity contribution in [1.29, 1.82) is 0 Å². The van der Waals surface area contributed by atoms with Crippen LogP contribution in [0.3, 0.4) is 0 Å². The zero-order valence-corrected chi connectivity index (χ0v) is 7.60. The van der Waals surface area contributed by atoms with Crippen molar-refractivity contribution in [3.8, 4) is 0 Å². The van der Waals surface area contributed by atoms with Crippen LogP contribution in [-0.2, 0) is 14.3 Å². The molecule has 1 fully saturated rings. The molecule has 1 rings (SSSR count). The van der Waals surface area contributed by atoms with Crippen LogP contribution in [0.2, 0.25) is 0 Å². The summed E-state index contributed by atoms with van der Waals surface area (Å²) in [7, 11) is 1.87. The molecule has 0 spiro atoms. The van der Waals surface area contributed by atoms with Gasteiger partial charge in [-0.15, -0.1) is 0 Å². The van der Waals surface area contributed by atoms with Crippen molar-refractivity contribution >= 4 is 13.8 Å². The summed E-state index contributed by atoms with van der Waals surface area (Å²) in [5.74, 6) is -0.457. The smallest absolute Gasteiger partial charge is 0.320 e. The normalized spacial score (nSPS) is 33.2. The van der Waals surface area contributed by atoms with Crippen molar-refractivity contribution < 1.29 is 19.4 Å². The zero-order chi connectivity index (χ0) is 9.84. The molecule has 1 aliphatic rings. The molecule has 3 N–H and O–H groups in total. The van der Waals surface area contributed by atoms with E-state index in [1.165, 1.54) is 0 Å². The highest BCUT2D eigenvalue weighted by molar-refractivity contribution is 6.11. The second kappa shape index (κ2) is 4.60. The number of ether oxygens (including phenoxy) is 2. The molecule has 1 unspecified atom stereocenters. The molecule has 0 aromatic heterocycles. The van der Waals surface area contributed by atoms with Crippen LogP contribution in [-0.4, -0.2) is 50.3 Å². The van der Waals surface area contributed by atoms with E-state index < -0.39 is 12.1 Å². The minimum atomic E-state index is -0.457. The molecule has 0 aromatic rings. The van der Waals surface area contributed by atoms with Gasteiger partial charge in [0, 0.05) is 12.4 Å². The lowest BCUT2D eigenvalue weighted by molar-refractivity contribution is -0.150. The molecule has 0 aliphatic carbocycles. The third-order valence-corrected chi connectivity index (χ3v) is 2.02. The van der Waals surface area contributed by atoms with Gasteiger partial charge in [0.1, 0.15) is 20.1 Å². The predicted octanol–water partition coefficient (Wildman–Crippen LogP) is -2.40. The fourth-order valence-corrected chi connectivity index (χ4v) is 1.42. The number of carbonyl (C=O) groups is 1. The summed E-state index contributed by atoms with van der Waals surface area (Å²) in [5.41, 5.74) is 5.09. The average Bonchev–Trinajstić information content (AvgIpc) is 2.46. The Balaban J connectivity index is 2.43. The first-order valence-corrected chi connectivity index (χ1v) is 4.33. The molecule has 0 aromatic carbocycles. The average molecular weight is 187 g/mol. The Hall–Kier alpha value is -0.585. The summed E-state index contributed by atoms with van der Waals surface area (Å²) < 4.78 is 10.3. The van der Waals surface area contributed by atoms with Gasteiger partial charge in [-0.3, -0.25) is 4.79 Å². The van der Waals surface area contributed by atoms with E-state index in [4.69, 9.17) is 20.3 Å². The number of carbonyl (C=O) groups excluding carboxylic acids is 1. The van der Waals surface area contributed by atoms with Gasteiger partial charge in [-0.2, -0.15) is 0 Å². The van der Waals surface area contributed by atoms with Gasteiger partial charge in [0.05, 0.1) is 13.2 Å². The van der Waals surface area contributed by atoms with E-state index >= 15 is 0 Å². The Morgan fingerprint density at radius 3 is 3.00 bits per heavy atom. The molecule has 0 amide bonds. The molecule has 3 atom stereocenters. The topological polar surface area (TPSA) is 81.8 Å². The zero-order valence-electron chi connectivity index (χ0n) is 7.60. The van der Waals surface area contributed by atoms with Crippen molar-refractivity contribution in [2.75, 3.05) is 13.2 Å². The number of hydrogen-bond donors (Lipinski definition) is 2. The van der Waals surface area contributed by atoms with Gasteiger partial charge < -0.3 is 20.3 Å². The van der Waals surface area contributed by atoms with Gasteiger partial charge in [-0.25, -0.2) is 0 Å². The molecule has 1 heterocycles. The van der Waals surface area contributed by atoms with Gasteiger partial charge in [-0.05, 0) is 0 Å². The van der Waals surface area contributed by atoms with E-state index in [2.05, 4.69) is 0 Å². The van der Waals surface area contributed by atoms with Gasteiger partial charge in [0.25, 0.3) is 0 Å². The van der Waals surface area contributed by atoms with Crippen LogP contribution in [0.25, 0.3) is 0 Å². The van der Waals surface area contributed by atoms with Crippen LogP contribution in [0.5, 0.6) is 0 Å². The lowest BCUT2D eigenvalue weighted by atomic mass is 9.96. The van der Waals surface area contributed by atoms with E-state index in [-0.39, 0.29) is 25.3 Å². The number of aliphatic hydroxyl groups excluding tert-OH is 1. The van der Waals surface area contributed by atoms with Crippen LogP contribution in [0.4, 0.5) is 0 Å². The van der Waals surface area contributed by atoms with E-state index in [0.29, 0.717) is 6.42 Å². The van der Waals surface area contributed by atoms with Crippen molar-refractivity contribution in [3.63, 3.8) is 0 Å². The van der Waals surface area contributed by atoms with Gasteiger partial charge in [0.2, 0.25) is 0 Å².